The lowest BCUT2D eigenvalue weighted by Gasteiger charge is -2.18. The van der Waals surface area contributed by atoms with Crippen LogP contribution in [0.2, 0.25) is 0 Å². The molecule has 0 radical (unpaired) electrons. The van der Waals surface area contributed by atoms with Crippen LogP contribution < -0.4 is 14.8 Å². The summed E-state index contributed by atoms with van der Waals surface area (Å²) in [6.45, 7) is 0.999. The van der Waals surface area contributed by atoms with E-state index < -0.39 is 0 Å². The van der Waals surface area contributed by atoms with Gasteiger partial charge in [-0.25, -0.2) is 9.37 Å². The van der Waals surface area contributed by atoms with Crippen molar-refractivity contribution in [1.82, 2.24) is 9.38 Å². The molecule has 0 bridgehead atoms. The largest absolute Gasteiger partial charge is 0.486 e. The van der Waals surface area contributed by atoms with Crippen molar-refractivity contribution in [2.75, 3.05) is 18.5 Å². The fraction of sp³-hybridized carbons (Fsp3) is 0.100. The third-order valence-corrected chi connectivity index (χ3v) is 5.22. The summed E-state index contributed by atoms with van der Waals surface area (Å²) in [4.78, 5) is 18.0. The monoisotopic (exact) mass is 395 g/mol. The molecular formula is C20H14FN3O3S. The van der Waals surface area contributed by atoms with Gasteiger partial charge in [0.05, 0.1) is 5.69 Å². The van der Waals surface area contributed by atoms with Gasteiger partial charge >= 0.3 is 0 Å². The Morgan fingerprint density at radius 2 is 1.89 bits per heavy atom. The molecule has 3 heterocycles. The van der Waals surface area contributed by atoms with E-state index in [1.165, 1.54) is 23.5 Å². The number of hydrogen-bond acceptors (Lipinski definition) is 5. The second kappa shape index (κ2) is 6.65. The molecule has 0 saturated heterocycles. The quantitative estimate of drug-likeness (QED) is 0.564. The molecule has 0 unspecified atom stereocenters. The Labute approximate surface area is 163 Å². The van der Waals surface area contributed by atoms with Gasteiger partial charge in [-0.3, -0.25) is 9.20 Å². The second-order valence-corrected chi connectivity index (χ2v) is 7.06. The van der Waals surface area contributed by atoms with E-state index in [4.69, 9.17) is 9.47 Å². The summed E-state index contributed by atoms with van der Waals surface area (Å²) in [5, 5.41) is 4.63. The predicted molar refractivity (Wildman–Crippen MR) is 104 cm³/mol. The average molecular weight is 395 g/mol. The van der Waals surface area contributed by atoms with E-state index >= 15 is 0 Å². The van der Waals surface area contributed by atoms with E-state index in [9.17, 15) is 9.18 Å². The Morgan fingerprint density at radius 3 is 2.71 bits per heavy atom. The lowest BCUT2D eigenvalue weighted by Crippen LogP contribution is -2.17. The van der Waals surface area contributed by atoms with Gasteiger partial charge in [0, 0.05) is 28.9 Å². The number of nitrogens with one attached hydrogen (secondary N) is 1. The van der Waals surface area contributed by atoms with E-state index in [0.717, 1.165) is 5.56 Å². The molecule has 1 amide bonds. The van der Waals surface area contributed by atoms with Crippen molar-refractivity contribution in [2.45, 2.75) is 0 Å². The minimum Gasteiger partial charge on any atom is -0.486 e. The number of nitrogens with zero attached hydrogens (tertiary/aromatic N) is 2. The number of amides is 1. The van der Waals surface area contributed by atoms with Crippen molar-refractivity contribution in [3.63, 3.8) is 0 Å². The highest BCUT2D eigenvalue weighted by molar-refractivity contribution is 7.15. The molecule has 6 nitrogen and oxygen atoms in total. The molecule has 0 fully saturated rings. The highest BCUT2D eigenvalue weighted by Gasteiger charge is 2.17. The van der Waals surface area contributed by atoms with Crippen LogP contribution in [0.4, 0.5) is 10.1 Å². The number of imidazole rings is 1. The third-order valence-electron chi connectivity index (χ3n) is 4.38. The van der Waals surface area contributed by atoms with Crippen LogP contribution in [0, 0.1) is 5.82 Å². The first-order chi connectivity index (χ1) is 13.7. The Hall–Kier alpha value is -3.39. The number of thiazole rings is 1. The smallest absolute Gasteiger partial charge is 0.273 e. The van der Waals surface area contributed by atoms with Crippen LogP contribution in [0.15, 0.2) is 54.0 Å². The maximum Gasteiger partial charge on any atom is 0.273 e. The number of ether oxygens (including phenoxy) is 2. The Kier molecular flexibility index (Phi) is 3.98. The number of rotatable bonds is 3. The first kappa shape index (κ1) is 16.8. The number of carbonyl (C=O) groups is 1. The van der Waals surface area contributed by atoms with Gasteiger partial charge in [-0.2, -0.15) is 0 Å². The molecule has 140 valence electrons. The minimum absolute atomic E-state index is 0.258. The summed E-state index contributed by atoms with van der Waals surface area (Å²) < 4.78 is 25.9. The molecular weight excluding hydrogens is 381 g/mol. The maximum absolute atomic E-state index is 13.1. The molecule has 28 heavy (non-hydrogen) atoms. The SMILES string of the molecule is O=C(Nc1ccc2c(c1)OCCO2)c1csc2nc(-c3ccc(F)cc3)cn12. The Bertz CT molecular complexity index is 1180. The van der Waals surface area contributed by atoms with Crippen LogP contribution >= 0.6 is 11.3 Å². The molecule has 1 N–H and O–H groups in total. The summed E-state index contributed by atoms with van der Waals surface area (Å²) in [5.74, 6) is 0.719. The molecule has 8 heteroatoms. The van der Waals surface area contributed by atoms with Crippen LogP contribution in [0.1, 0.15) is 10.5 Å². The lowest BCUT2D eigenvalue weighted by atomic mass is 10.2. The van der Waals surface area contributed by atoms with Gasteiger partial charge in [-0.1, -0.05) is 0 Å². The van der Waals surface area contributed by atoms with E-state index in [2.05, 4.69) is 10.3 Å². The van der Waals surface area contributed by atoms with Crippen molar-refractivity contribution >= 4 is 27.9 Å². The lowest BCUT2D eigenvalue weighted by molar-refractivity contribution is 0.102. The summed E-state index contributed by atoms with van der Waals surface area (Å²) in [6, 6.07) is 11.4. The summed E-state index contributed by atoms with van der Waals surface area (Å²) in [7, 11) is 0. The fourth-order valence-electron chi connectivity index (χ4n) is 3.02. The van der Waals surface area contributed by atoms with Crippen LogP contribution in [0.5, 0.6) is 11.5 Å². The number of halogens is 1. The number of aromatic nitrogens is 2. The van der Waals surface area contributed by atoms with Crippen LogP contribution in [0.25, 0.3) is 16.2 Å². The standard InChI is InChI=1S/C20H14FN3O3S/c21-13-3-1-12(2-4-13)15-10-24-16(11-28-20(24)23-15)19(25)22-14-5-6-17-18(9-14)27-8-7-26-17/h1-6,9-11H,7-8H2,(H,22,25). The zero-order valence-electron chi connectivity index (χ0n) is 14.5. The van der Waals surface area contributed by atoms with Gasteiger partial charge in [-0.05, 0) is 36.4 Å². The van der Waals surface area contributed by atoms with Gasteiger partial charge in [0.15, 0.2) is 16.5 Å². The van der Waals surface area contributed by atoms with E-state index in [1.807, 2.05) is 0 Å². The van der Waals surface area contributed by atoms with E-state index in [0.29, 0.717) is 46.7 Å². The van der Waals surface area contributed by atoms with E-state index in [1.54, 1.807) is 46.3 Å². The van der Waals surface area contributed by atoms with Crippen molar-refractivity contribution in [1.29, 1.82) is 0 Å². The van der Waals surface area contributed by atoms with Gasteiger partial charge in [0.1, 0.15) is 24.7 Å². The first-order valence-electron chi connectivity index (χ1n) is 8.61. The summed E-state index contributed by atoms with van der Waals surface area (Å²) in [5.41, 5.74) is 2.55. The van der Waals surface area contributed by atoms with Crippen LogP contribution in [-0.2, 0) is 0 Å². The van der Waals surface area contributed by atoms with Crippen molar-refractivity contribution < 1.29 is 18.7 Å². The number of hydrogen-bond donors (Lipinski definition) is 1. The molecule has 4 aromatic rings. The molecule has 0 saturated carbocycles. The molecule has 5 rings (SSSR count). The van der Waals surface area contributed by atoms with Crippen molar-refractivity contribution in [2.24, 2.45) is 0 Å². The van der Waals surface area contributed by atoms with Gasteiger partial charge in [0.25, 0.3) is 5.91 Å². The molecule has 1 aliphatic rings. The number of carbonyl (C=O) groups excluding carboxylic acids is 1. The molecule has 2 aromatic carbocycles. The highest BCUT2D eigenvalue weighted by atomic mass is 32.1. The van der Waals surface area contributed by atoms with Gasteiger partial charge < -0.3 is 14.8 Å². The molecule has 2 aromatic heterocycles. The molecule has 1 aliphatic heterocycles. The first-order valence-corrected chi connectivity index (χ1v) is 9.49. The maximum atomic E-state index is 13.1. The van der Waals surface area contributed by atoms with E-state index in [-0.39, 0.29) is 11.7 Å². The zero-order chi connectivity index (χ0) is 19.1. The topological polar surface area (TPSA) is 64.9 Å². The zero-order valence-corrected chi connectivity index (χ0v) is 15.3. The second-order valence-electron chi connectivity index (χ2n) is 6.22. The predicted octanol–water partition coefficient (Wildman–Crippen LogP) is 4.23. The third kappa shape index (κ3) is 2.97. The fourth-order valence-corrected chi connectivity index (χ4v) is 3.88. The average Bonchev–Trinajstić information content (AvgIpc) is 3.29. The van der Waals surface area contributed by atoms with Crippen LogP contribution in [0.3, 0.4) is 0 Å². The van der Waals surface area contributed by atoms with Crippen molar-refractivity contribution in [3.8, 4) is 22.8 Å². The highest BCUT2D eigenvalue weighted by Crippen LogP contribution is 2.33. The molecule has 0 aliphatic carbocycles. The van der Waals surface area contributed by atoms with Gasteiger partial charge in [0.2, 0.25) is 0 Å². The van der Waals surface area contributed by atoms with Crippen molar-refractivity contribution in [3.05, 3.63) is 65.6 Å². The number of fused-ring (bicyclic) bond motifs is 2. The minimum atomic E-state index is -0.302. The number of benzene rings is 2. The van der Waals surface area contributed by atoms with Gasteiger partial charge in [-0.15, -0.1) is 11.3 Å². The molecule has 0 atom stereocenters. The Morgan fingerprint density at radius 1 is 1.11 bits per heavy atom. The van der Waals surface area contributed by atoms with Crippen LogP contribution in [-0.4, -0.2) is 28.5 Å². The number of anilines is 1. The normalized spacial score (nSPS) is 12.9. The Balaban J connectivity index is 1.42. The summed E-state index contributed by atoms with van der Waals surface area (Å²) >= 11 is 1.37. The molecule has 0 spiro atoms. The summed E-state index contributed by atoms with van der Waals surface area (Å²) in [6.07, 6.45) is 1.78.